The highest BCUT2D eigenvalue weighted by Crippen LogP contribution is 2.22. The summed E-state index contributed by atoms with van der Waals surface area (Å²) in [4.78, 5) is 8.68. The Bertz CT molecular complexity index is 663. The van der Waals surface area contributed by atoms with Crippen molar-refractivity contribution in [3.05, 3.63) is 78.9 Å². The minimum Gasteiger partial charge on any atom is -0.513 e. The van der Waals surface area contributed by atoms with Crippen LogP contribution in [0.25, 0.3) is 5.57 Å². The van der Waals surface area contributed by atoms with Crippen LogP contribution in [0.2, 0.25) is 0 Å². The zero-order valence-electron chi connectivity index (χ0n) is 13.0. The van der Waals surface area contributed by atoms with E-state index in [0.29, 0.717) is 0 Å². The molecule has 0 aliphatic carbocycles. The summed E-state index contributed by atoms with van der Waals surface area (Å²) < 4.78 is 2.06. The summed E-state index contributed by atoms with van der Waals surface area (Å²) in [6, 6.07) is 4.24. The van der Waals surface area contributed by atoms with Crippen LogP contribution in [-0.2, 0) is 0 Å². The number of rotatable bonds is 6. The normalized spacial score (nSPS) is 13.9. The van der Waals surface area contributed by atoms with E-state index in [4.69, 9.17) is 0 Å². The zero-order valence-corrected chi connectivity index (χ0v) is 13.0. The number of aliphatic hydroxyl groups excluding tert-OH is 1. The molecule has 2 aromatic heterocycles. The number of nitrogens with zero attached hydrogens (tertiary/aromatic N) is 3. The first-order valence-corrected chi connectivity index (χ1v) is 7.29. The van der Waals surface area contributed by atoms with Crippen LogP contribution in [0.15, 0.2) is 67.6 Å². The first-order chi connectivity index (χ1) is 10.7. The second-order valence-corrected chi connectivity index (χ2v) is 5.04. The molecule has 0 saturated heterocycles. The monoisotopic (exact) mass is 295 g/mol. The maximum atomic E-state index is 9.26. The van der Waals surface area contributed by atoms with E-state index in [9.17, 15) is 5.11 Å². The van der Waals surface area contributed by atoms with Gasteiger partial charge in [-0.2, -0.15) is 0 Å². The Kier molecular flexibility index (Phi) is 5.31. The predicted octanol–water partition coefficient (Wildman–Crippen LogP) is 4.31. The minimum atomic E-state index is 0.187. The number of pyridine rings is 1. The molecule has 0 amide bonds. The molecule has 0 bridgehead atoms. The molecule has 4 nitrogen and oxygen atoms in total. The lowest BCUT2D eigenvalue weighted by Gasteiger charge is -2.16. The van der Waals surface area contributed by atoms with Crippen molar-refractivity contribution in [2.24, 2.45) is 0 Å². The molecule has 0 aromatic carbocycles. The lowest BCUT2D eigenvalue weighted by molar-refractivity contribution is 0.414. The largest absolute Gasteiger partial charge is 0.513 e. The summed E-state index contributed by atoms with van der Waals surface area (Å²) in [6.07, 6.45) is 13.5. The molecule has 0 saturated carbocycles. The number of aliphatic hydroxyl groups is 1. The molecule has 2 rings (SSSR count). The molecule has 0 aliphatic heterocycles. The number of hydrogen-bond donors (Lipinski definition) is 1. The number of imidazole rings is 1. The van der Waals surface area contributed by atoms with Crippen LogP contribution in [0.5, 0.6) is 0 Å². The molecule has 0 aliphatic rings. The van der Waals surface area contributed by atoms with E-state index in [1.165, 1.54) is 0 Å². The highest BCUT2D eigenvalue weighted by molar-refractivity contribution is 5.74. The topological polar surface area (TPSA) is 50.9 Å². The van der Waals surface area contributed by atoms with Gasteiger partial charge >= 0.3 is 0 Å². The van der Waals surface area contributed by atoms with Gasteiger partial charge in [-0.15, -0.1) is 0 Å². The summed E-state index contributed by atoms with van der Waals surface area (Å²) in [7, 11) is 0. The van der Waals surface area contributed by atoms with Crippen LogP contribution in [0.3, 0.4) is 0 Å². The van der Waals surface area contributed by atoms with Crippen LogP contribution in [0.4, 0.5) is 0 Å². The molecular weight excluding hydrogens is 274 g/mol. The maximum Gasteiger partial charge on any atom is 0.0952 e. The zero-order chi connectivity index (χ0) is 15.9. The van der Waals surface area contributed by atoms with Crippen LogP contribution in [0.1, 0.15) is 37.6 Å². The SMILES string of the molecule is C=C/C(=C\C=C(/C)O)c1ccc(C(CC)n2ccnc2)nc1. The minimum absolute atomic E-state index is 0.187. The lowest BCUT2D eigenvalue weighted by Crippen LogP contribution is -2.09. The van der Waals surface area contributed by atoms with E-state index in [1.807, 2.05) is 36.9 Å². The molecule has 0 radical (unpaired) electrons. The molecule has 1 unspecified atom stereocenters. The highest BCUT2D eigenvalue weighted by atomic mass is 16.3. The maximum absolute atomic E-state index is 9.26. The average molecular weight is 295 g/mol. The summed E-state index contributed by atoms with van der Waals surface area (Å²) in [6.45, 7) is 7.57. The van der Waals surface area contributed by atoms with Gasteiger partial charge in [-0.05, 0) is 36.6 Å². The molecule has 1 atom stereocenters. The van der Waals surface area contributed by atoms with Crippen molar-refractivity contribution in [2.75, 3.05) is 0 Å². The smallest absolute Gasteiger partial charge is 0.0952 e. The molecule has 22 heavy (non-hydrogen) atoms. The third-order valence-electron chi connectivity index (χ3n) is 3.46. The van der Waals surface area contributed by atoms with Gasteiger partial charge in [0.2, 0.25) is 0 Å². The van der Waals surface area contributed by atoms with Crippen LogP contribution in [0, 0.1) is 0 Å². The summed E-state index contributed by atoms with van der Waals surface area (Å²) in [5, 5.41) is 9.26. The molecule has 2 aromatic rings. The van der Waals surface area contributed by atoms with Gasteiger partial charge in [0.05, 0.1) is 23.8 Å². The van der Waals surface area contributed by atoms with E-state index in [-0.39, 0.29) is 11.8 Å². The van der Waals surface area contributed by atoms with Crippen molar-refractivity contribution in [1.29, 1.82) is 0 Å². The van der Waals surface area contributed by atoms with E-state index < -0.39 is 0 Å². The van der Waals surface area contributed by atoms with Gasteiger partial charge in [-0.25, -0.2) is 4.98 Å². The molecule has 1 N–H and O–H groups in total. The average Bonchev–Trinajstić information content (AvgIpc) is 3.04. The van der Waals surface area contributed by atoms with Gasteiger partial charge in [0, 0.05) is 18.6 Å². The van der Waals surface area contributed by atoms with Crippen molar-refractivity contribution in [2.45, 2.75) is 26.3 Å². The number of aromatic nitrogens is 3. The molecule has 0 fully saturated rings. The second kappa shape index (κ2) is 7.41. The Labute approximate surface area is 131 Å². The Morgan fingerprint density at radius 3 is 2.73 bits per heavy atom. The van der Waals surface area contributed by atoms with Crippen LogP contribution in [-0.4, -0.2) is 19.6 Å². The molecule has 0 spiro atoms. The van der Waals surface area contributed by atoms with Crippen molar-refractivity contribution in [1.82, 2.24) is 14.5 Å². The first kappa shape index (κ1) is 15.8. The third-order valence-corrected chi connectivity index (χ3v) is 3.46. The summed E-state index contributed by atoms with van der Waals surface area (Å²) in [5.41, 5.74) is 2.89. The summed E-state index contributed by atoms with van der Waals surface area (Å²) in [5.74, 6) is 0.259. The number of allylic oxidation sites excluding steroid dienone is 5. The van der Waals surface area contributed by atoms with Gasteiger partial charge < -0.3 is 9.67 Å². The van der Waals surface area contributed by atoms with E-state index >= 15 is 0 Å². The Hall–Kier alpha value is -2.62. The van der Waals surface area contributed by atoms with Crippen molar-refractivity contribution >= 4 is 5.57 Å². The molecular formula is C18H21N3O. The number of hydrogen-bond acceptors (Lipinski definition) is 3. The summed E-state index contributed by atoms with van der Waals surface area (Å²) >= 11 is 0. The van der Waals surface area contributed by atoms with Gasteiger partial charge in [-0.3, -0.25) is 4.98 Å². The Balaban J connectivity index is 2.28. The van der Waals surface area contributed by atoms with E-state index in [0.717, 1.165) is 23.3 Å². The Morgan fingerprint density at radius 1 is 1.41 bits per heavy atom. The molecule has 2 heterocycles. The van der Waals surface area contributed by atoms with Crippen LogP contribution >= 0.6 is 0 Å². The second-order valence-electron chi connectivity index (χ2n) is 5.04. The fourth-order valence-electron chi connectivity index (χ4n) is 2.29. The predicted molar refractivity (Wildman–Crippen MR) is 89.5 cm³/mol. The van der Waals surface area contributed by atoms with Gasteiger partial charge in [0.1, 0.15) is 0 Å². The van der Waals surface area contributed by atoms with Crippen molar-refractivity contribution < 1.29 is 5.11 Å². The third kappa shape index (κ3) is 3.73. The van der Waals surface area contributed by atoms with Crippen molar-refractivity contribution in [3.8, 4) is 0 Å². The first-order valence-electron chi connectivity index (χ1n) is 7.29. The fraction of sp³-hybridized carbons (Fsp3) is 0.222. The van der Waals surface area contributed by atoms with Gasteiger partial charge in [0.25, 0.3) is 0 Å². The van der Waals surface area contributed by atoms with E-state index in [2.05, 4.69) is 28.0 Å². The molecule has 114 valence electrons. The highest BCUT2D eigenvalue weighted by Gasteiger charge is 2.12. The van der Waals surface area contributed by atoms with Crippen molar-refractivity contribution in [3.63, 3.8) is 0 Å². The van der Waals surface area contributed by atoms with Gasteiger partial charge in [-0.1, -0.05) is 31.7 Å². The van der Waals surface area contributed by atoms with E-state index in [1.54, 1.807) is 25.3 Å². The molecule has 4 heteroatoms. The standard InChI is InChI=1S/C18H21N3O/c1-4-15(7-6-14(3)22)16-8-9-17(20-12-16)18(5-2)21-11-10-19-13-21/h4,6-13,18,22H,1,5H2,2-3H3/b14-6+,15-7+. The van der Waals surface area contributed by atoms with Crippen LogP contribution < -0.4 is 0 Å². The fourth-order valence-corrected chi connectivity index (χ4v) is 2.29. The lowest BCUT2D eigenvalue weighted by atomic mass is 10.0. The Morgan fingerprint density at radius 2 is 2.23 bits per heavy atom. The quantitative estimate of drug-likeness (QED) is 0.638. The van der Waals surface area contributed by atoms with Gasteiger partial charge in [0.15, 0.2) is 0 Å².